The lowest BCUT2D eigenvalue weighted by atomic mass is 9.64. The quantitative estimate of drug-likeness (QED) is 0.0502. The van der Waals surface area contributed by atoms with E-state index in [4.69, 9.17) is 13.9 Å². The van der Waals surface area contributed by atoms with E-state index in [9.17, 15) is 14.4 Å². The number of likely N-dealkylation sites (tertiary alicyclic amines) is 1. The highest BCUT2D eigenvalue weighted by Crippen LogP contribution is 2.55. The molecule has 3 aromatic carbocycles. The van der Waals surface area contributed by atoms with Gasteiger partial charge in [-0.1, -0.05) is 130 Å². The predicted molar refractivity (Wildman–Crippen MR) is 213 cm³/mol. The summed E-state index contributed by atoms with van der Waals surface area (Å²) in [6.07, 6.45) is -0.322. The molecule has 0 N–H and O–H groups in total. The summed E-state index contributed by atoms with van der Waals surface area (Å²) >= 11 is 0. The van der Waals surface area contributed by atoms with Gasteiger partial charge in [0.05, 0.1) is 23.5 Å². The molecular weight excluding hydrogens is 690 g/mol. The van der Waals surface area contributed by atoms with Crippen LogP contribution in [0.4, 0.5) is 4.79 Å². The lowest BCUT2D eigenvalue weighted by Crippen LogP contribution is -2.78. The summed E-state index contributed by atoms with van der Waals surface area (Å²) < 4.78 is 18.1. The third kappa shape index (κ3) is 7.68. The van der Waals surface area contributed by atoms with Gasteiger partial charge in [0.1, 0.15) is 12.0 Å². The van der Waals surface area contributed by atoms with Crippen LogP contribution in [0.5, 0.6) is 0 Å². The highest BCUT2D eigenvalue weighted by Gasteiger charge is 2.69. The van der Waals surface area contributed by atoms with Gasteiger partial charge in [-0.25, -0.2) is 9.69 Å². The second-order valence-corrected chi connectivity index (χ2v) is 24.1. The molecule has 3 aromatic rings. The van der Waals surface area contributed by atoms with Crippen molar-refractivity contribution in [2.24, 2.45) is 16.7 Å². The summed E-state index contributed by atoms with van der Waals surface area (Å²) in [7, 11) is -2.59. The summed E-state index contributed by atoms with van der Waals surface area (Å²) in [5.41, 5.74) is -2.54. The van der Waals surface area contributed by atoms with Crippen LogP contribution in [0.3, 0.4) is 0 Å². The zero-order valence-corrected chi connectivity index (χ0v) is 34.1. The van der Waals surface area contributed by atoms with E-state index in [0.29, 0.717) is 0 Å². The van der Waals surface area contributed by atoms with Crippen molar-refractivity contribution in [2.75, 3.05) is 6.61 Å². The number of β-lactam (4-membered cyclic amide) rings is 1. The van der Waals surface area contributed by atoms with Crippen LogP contribution in [-0.4, -0.2) is 61.7 Å². The standard InChI is InChI=1S/C42H54NO7PSi/c1-12-28-48-39(47)43-35(30(2)36(44)49-38(46)40(4,5)6)42(37(43)45,31(3)50-52(10,11)41(7,8)9)29-51(32-22-16-13-17-23-32,33-24-18-14-19-25-33)34-26-20-15-21-27-34/h12-27,29-31,35H,1,28H2,2-11H3/t30-,31-,35-,42+/m1/s1. The fraction of sp³-hybridized carbons (Fsp3) is 0.405. The Kier molecular flexibility index (Phi) is 12.1. The fourth-order valence-electron chi connectivity index (χ4n) is 6.46. The van der Waals surface area contributed by atoms with Crippen LogP contribution in [0.1, 0.15) is 55.4 Å². The van der Waals surface area contributed by atoms with Crippen molar-refractivity contribution >= 4 is 60.9 Å². The van der Waals surface area contributed by atoms with Crippen molar-refractivity contribution in [1.82, 2.24) is 4.90 Å². The number of imide groups is 1. The smallest absolute Gasteiger partial charge is 0.417 e. The molecule has 1 aliphatic rings. The first-order valence-electron chi connectivity index (χ1n) is 17.7. The topological polar surface area (TPSA) is 99.2 Å². The number of benzene rings is 3. The van der Waals surface area contributed by atoms with E-state index in [0.717, 1.165) is 20.8 Å². The third-order valence-corrected chi connectivity index (χ3v) is 19.1. The number of carbonyl (C=O) groups is 4. The summed E-state index contributed by atoms with van der Waals surface area (Å²) in [4.78, 5) is 57.2. The number of ether oxygens (including phenoxy) is 2. The minimum absolute atomic E-state index is 0.140. The van der Waals surface area contributed by atoms with Crippen LogP contribution in [0, 0.1) is 16.7 Å². The molecule has 0 unspecified atom stereocenters. The second-order valence-electron chi connectivity index (χ2n) is 16.0. The first kappa shape index (κ1) is 40.7. The van der Waals surface area contributed by atoms with Crippen LogP contribution in [0.25, 0.3) is 0 Å². The second kappa shape index (κ2) is 15.5. The molecule has 1 aliphatic heterocycles. The number of nitrogens with zero attached hydrogens (tertiary/aromatic N) is 1. The Morgan fingerprint density at radius 2 is 1.29 bits per heavy atom. The Balaban J connectivity index is 2.18. The lowest BCUT2D eigenvalue weighted by Gasteiger charge is -2.59. The van der Waals surface area contributed by atoms with E-state index in [-0.39, 0.29) is 11.6 Å². The largest absolute Gasteiger partial charge is 0.445 e. The maximum absolute atomic E-state index is 15.3. The average molecular weight is 744 g/mol. The SMILES string of the molecule is C=CCOC(=O)N1C(=O)[C@@](C=P(c2ccccc2)(c2ccccc2)c2ccccc2)([C@@H](C)O[Si](C)(C)C(C)(C)C)[C@H]1[C@@H](C)C(=O)OC(=O)C(C)(C)C. The Hall–Kier alpha value is -4.04. The molecule has 0 bridgehead atoms. The van der Waals surface area contributed by atoms with E-state index in [1.807, 2.05) is 61.5 Å². The van der Waals surface area contributed by atoms with Gasteiger partial charge in [0.15, 0.2) is 8.32 Å². The molecular formula is C42H54NO7PSi. The van der Waals surface area contributed by atoms with Crippen molar-refractivity contribution < 1.29 is 33.1 Å². The fourth-order valence-corrected chi connectivity index (χ4v) is 12.3. The molecule has 8 nitrogen and oxygen atoms in total. The molecule has 0 aliphatic carbocycles. The number of esters is 2. The number of carbonyl (C=O) groups excluding carboxylic acids is 4. The first-order valence-corrected chi connectivity index (χ1v) is 22.5. The predicted octanol–water partition coefficient (Wildman–Crippen LogP) is 7.46. The summed E-state index contributed by atoms with van der Waals surface area (Å²) in [6, 6.07) is 28.9. The molecule has 0 saturated carbocycles. The van der Waals surface area contributed by atoms with Crippen LogP contribution in [0.2, 0.25) is 18.1 Å². The van der Waals surface area contributed by atoms with Gasteiger partial charge in [0.2, 0.25) is 5.91 Å². The minimum atomic E-state index is -2.90. The number of hydrogen-bond donors (Lipinski definition) is 0. The zero-order valence-electron chi connectivity index (χ0n) is 32.2. The monoisotopic (exact) mass is 743 g/mol. The van der Waals surface area contributed by atoms with E-state index >= 15 is 4.79 Å². The Bertz CT molecular complexity index is 1730. The molecule has 10 heteroatoms. The highest BCUT2D eigenvalue weighted by molar-refractivity contribution is 7.94. The van der Waals surface area contributed by atoms with E-state index in [1.54, 1.807) is 27.7 Å². The third-order valence-electron chi connectivity index (χ3n) is 10.4. The van der Waals surface area contributed by atoms with Crippen LogP contribution in [-0.2, 0) is 28.3 Å². The molecule has 278 valence electrons. The summed E-state index contributed by atoms with van der Waals surface area (Å²) in [5.74, 6) is -1.16. The van der Waals surface area contributed by atoms with Gasteiger partial charge in [0, 0.05) is 0 Å². The summed E-state index contributed by atoms with van der Waals surface area (Å²) in [5, 5.41) is 2.69. The van der Waals surface area contributed by atoms with Crippen molar-refractivity contribution in [3.63, 3.8) is 0 Å². The van der Waals surface area contributed by atoms with Crippen LogP contribution in [0.15, 0.2) is 104 Å². The zero-order chi connectivity index (χ0) is 38.7. The van der Waals surface area contributed by atoms with Crippen molar-refractivity contribution in [1.29, 1.82) is 0 Å². The molecule has 4 atom stereocenters. The minimum Gasteiger partial charge on any atom is -0.445 e. The molecule has 52 heavy (non-hydrogen) atoms. The molecule has 0 radical (unpaired) electrons. The van der Waals surface area contributed by atoms with Gasteiger partial charge < -0.3 is 13.9 Å². The molecule has 1 fully saturated rings. The van der Waals surface area contributed by atoms with Gasteiger partial charge in [-0.2, -0.15) is 0 Å². The van der Waals surface area contributed by atoms with Gasteiger partial charge in [-0.15, -0.1) is 0 Å². The maximum atomic E-state index is 15.3. The number of amides is 2. The summed E-state index contributed by atoms with van der Waals surface area (Å²) in [6.45, 7) is 19.6. The lowest BCUT2D eigenvalue weighted by molar-refractivity contribution is -0.180. The van der Waals surface area contributed by atoms with Crippen molar-refractivity contribution in [3.8, 4) is 0 Å². The maximum Gasteiger partial charge on any atom is 0.417 e. The normalized spacial score (nSPS) is 19.2. The molecule has 0 spiro atoms. The number of hydrogen-bond acceptors (Lipinski definition) is 7. The van der Waals surface area contributed by atoms with E-state index in [2.05, 4.69) is 82.6 Å². The van der Waals surface area contributed by atoms with Gasteiger partial charge in [-0.3, -0.25) is 14.4 Å². The molecule has 0 aromatic heterocycles. The Morgan fingerprint density at radius 1 is 0.846 bits per heavy atom. The van der Waals surface area contributed by atoms with Crippen molar-refractivity contribution in [3.05, 3.63) is 104 Å². The first-order chi connectivity index (χ1) is 24.3. The molecule has 4 rings (SSSR count). The van der Waals surface area contributed by atoms with Crippen LogP contribution < -0.4 is 15.9 Å². The molecule has 2 amide bonds. The van der Waals surface area contributed by atoms with E-state index < -0.39 is 68.0 Å². The van der Waals surface area contributed by atoms with Gasteiger partial charge in [0.25, 0.3) is 0 Å². The Morgan fingerprint density at radius 3 is 1.67 bits per heavy atom. The Labute approximate surface area is 310 Å². The highest BCUT2D eigenvalue weighted by atomic mass is 31.2. The van der Waals surface area contributed by atoms with Gasteiger partial charge in [-0.05, 0) is 75.6 Å². The van der Waals surface area contributed by atoms with Crippen LogP contribution >= 0.6 is 6.89 Å². The molecule has 1 heterocycles. The number of rotatable bonds is 11. The van der Waals surface area contributed by atoms with E-state index in [1.165, 1.54) is 6.08 Å². The van der Waals surface area contributed by atoms with Gasteiger partial charge >= 0.3 is 18.0 Å². The molecule has 1 saturated heterocycles. The van der Waals surface area contributed by atoms with Crippen molar-refractivity contribution in [2.45, 2.75) is 85.7 Å². The average Bonchev–Trinajstić information content (AvgIpc) is 3.09.